The highest BCUT2D eigenvalue weighted by molar-refractivity contribution is 5.17. The molecule has 0 fully saturated rings. The molecule has 0 aliphatic carbocycles. The Kier molecular flexibility index (Phi) is 4.52. The highest BCUT2D eigenvalue weighted by Crippen LogP contribution is 2.21. The molecule has 0 aliphatic rings. The van der Waals surface area contributed by atoms with Gasteiger partial charge in [0.1, 0.15) is 11.8 Å². The van der Waals surface area contributed by atoms with E-state index < -0.39 is 0 Å². The Hall–Kier alpha value is -1.62. The third-order valence-corrected chi connectivity index (χ3v) is 2.80. The number of nitrogens with zero attached hydrogens (tertiary/aromatic N) is 3. The van der Waals surface area contributed by atoms with E-state index in [0.29, 0.717) is 0 Å². The van der Waals surface area contributed by atoms with E-state index in [1.165, 1.54) is 0 Å². The lowest BCUT2D eigenvalue weighted by Crippen LogP contribution is -2.25. The molecule has 2 aromatic rings. The minimum Gasteiger partial charge on any atom is -0.467 e. The highest BCUT2D eigenvalue weighted by Gasteiger charge is 2.20. The first-order valence-corrected chi connectivity index (χ1v) is 6.52. The van der Waals surface area contributed by atoms with Crippen molar-refractivity contribution in [3.8, 4) is 0 Å². The fourth-order valence-corrected chi connectivity index (χ4v) is 1.97. The molecule has 0 aliphatic heterocycles. The van der Waals surface area contributed by atoms with Gasteiger partial charge in [-0.3, -0.25) is 0 Å². The van der Waals surface area contributed by atoms with Crippen LogP contribution >= 0.6 is 0 Å². The van der Waals surface area contributed by atoms with E-state index in [9.17, 15) is 0 Å². The smallest absolute Gasteiger partial charge is 0.126 e. The Balaban J connectivity index is 2.24. The van der Waals surface area contributed by atoms with Crippen LogP contribution in [0.5, 0.6) is 0 Å². The van der Waals surface area contributed by atoms with Gasteiger partial charge in [0.25, 0.3) is 0 Å². The molecule has 0 spiro atoms. The predicted octanol–water partition coefficient (Wildman–Crippen LogP) is 2.37. The summed E-state index contributed by atoms with van der Waals surface area (Å²) in [5, 5.41) is 11.6. The summed E-state index contributed by atoms with van der Waals surface area (Å²) >= 11 is 0. The van der Waals surface area contributed by atoms with Crippen molar-refractivity contribution in [1.82, 2.24) is 20.3 Å². The second-order valence-electron chi connectivity index (χ2n) is 4.28. The van der Waals surface area contributed by atoms with E-state index in [2.05, 4.69) is 29.5 Å². The normalized spacial score (nSPS) is 12.8. The quantitative estimate of drug-likeness (QED) is 0.817. The lowest BCUT2D eigenvalue weighted by atomic mass is 10.1. The minimum absolute atomic E-state index is 0.0292. The summed E-state index contributed by atoms with van der Waals surface area (Å²) in [6.45, 7) is 6.09. The van der Waals surface area contributed by atoms with Gasteiger partial charge in [-0.25, -0.2) is 4.68 Å². The van der Waals surface area contributed by atoms with Crippen molar-refractivity contribution < 1.29 is 4.42 Å². The Bertz CT molecular complexity index is 449. The molecule has 2 rings (SSSR count). The summed E-state index contributed by atoms with van der Waals surface area (Å²) in [6.07, 6.45) is 5.62. The summed E-state index contributed by atoms with van der Waals surface area (Å²) in [5.41, 5.74) is 1.06. The summed E-state index contributed by atoms with van der Waals surface area (Å²) in [6, 6.07) is 3.92. The molecule has 2 aromatic heterocycles. The van der Waals surface area contributed by atoms with Crippen LogP contribution in [-0.2, 0) is 6.54 Å². The lowest BCUT2D eigenvalue weighted by molar-refractivity contribution is 0.422. The van der Waals surface area contributed by atoms with Gasteiger partial charge in [0.15, 0.2) is 0 Å². The monoisotopic (exact) mass is 248 g/mol. The molecule has 5 heteroatoms. The zero-order valence-corrected chi connectivity index (χ0v) is 11.0. The molecule has 0 bridgehead atoms. The second-order valence-corrected chi connectivity index (χ2v) is 4.28. The lowest BCUT2D eigenvalue weighted by Gasteiger charge is -2.16. The van der Waals surface area contributed by atoms with Crippen LogP contribution in [0.2, 0.25) is 0 Å². The maximum absolute atomic E-state index is 5.52. The Labute approximate surface area is 107 Å². The second kappa shape index (κ2) is 6.35. The van der Waals surface area contributed by atoms with Crippen molar-refractivity contribution in [2.45, 2.75) is 39.3 Å². The van der Waals surface area contributed by atoms with Crippen LogP contribution in [0.1, 0.15) is 44.2 Å². The predicted molar refractivity (Wildman–Crippen MR) is 69.2 cm³/mol. The third kappa shape index (κ3) is 2.79. The molecular weight excluding hydrogens is 228 g/mol. The number of rotatable bonds is 7. The van der Waals surface area contributed by atoms with E-state index in [4.69, 9.17) is 4.42 Å². The number of hydrogen-bond acceptors (Lipinski definition) is 4. The van der Waals surface area contributed by atoms with Gasteiger partial charge in [0.2, 0.25) is 0 Å². The van der Waals surface area contributed by atoms with Crippen LogP contribution in [0.25, 0.3) is 0 Å². The third-order valence-electron chi connectivity index (χ3n) is 2.80. The first-order chi connectivity index (χ1) is 8.86. The highest BCUT2D eigenvalue weighted by atomic mass is 16.3. The van der Waals surface area contributed by atoms with Crippen LogP contribution < -0.4 is 5.32 Å². The molecule has 0 saturated carbocycles. The maximum atomic E-state index is 5.52. The molecule has 18 heavy (non-hydrogen) atoms. The topological polar surface area (TPSA) is 55.9 Å². The molecule has 98 valence electrons. The van der Waals surface area contributed by atoms with E-state index in [-0.39, 0.29) is 6.04 Å². The zero-order chi connectivity index (χ0) is 12.8. The van der Waals surface area contributed by atoms with Crippen LogP contribution in [-0.4, -0.2) is 21.5 Å². The van der Waals surface area contributed by atoms with E-state index in [1.54, 1.807) is 6.26 Å². The summed E-state index contributed by atoms with van der Waals surface area (Å²) < 4.78 is 7.46. The van der Waals surface area contributed by atoms with Gasteiger partial charge >= 0.3 is 0 Å². The van der Waals surface area contributed by atoms with E-state index in [0.717, 1.165) is 37.4 Å². The van der Waals surface area contributed by atoms with Crippen molar-refractivity contribution in [1.29, 1.82) is 0 Å². The first kappa shape index (κ1) is 12.8. The van der Waals surface area contributed by atoms with Crippen molar-refractivity contribution in [2.75, 3.05) is 6.54 Å². The molecule has 1 N–H and O–H groups in total. The van der Waals surface area contributed by atoms with Gasteiger partial charge in [-0.1, -0.05) is 19.1 Å². The molecular formula is C13H20N4O. The largest absolute Gasteiger partial charge is 0.467 e. The number of hydrogen-bond donors (Lipinski definition) is 1. The standard InChI is InChI=1S/C13H20N4O/c1-3-7-14-13(12-6-5-9-18-12)11-10-15-16-17(11)8-4-2/h5-6,9-10,13-14H,3-4,7-8H2,1-2H3. The van der Waals surface area contributed by atoms with Gasteiger partial charge < -0.3 is 9.73 Å². The maximum Gasteiger partial charge on any atom is 0.126 e. The Morgan fingerprint density at radius 3 is 2.94 bits per heavy atom. The summed E-state index contributed by atoms with van der Waals surface area (Å²) in [4.78, 5) is 0. The van der Waals surface area contributed by atoms with Crippen LogP contribution in [0.15, 0.2) is 29.0 Å². The molecule has 2 heterocycles. The fraction of sp³-hybridized carbons (Fsp3) is 0.538. The summed E-state index contributed by atoms with van der Waals surface area (Å²) in [7, 11) is 0. The van der Waals surface area contributed by atoms with Crippen molar-refractivity contribution >= 4 is 0 Å². The van der Waals surface area contributed by atoms with Gasteiger partial charge in [-0.2, -0.15) is 0 Å². The average molecular weight is 248 g/mol. The van der Waals surface area contributed by atoms with E-state index >= 15 is 0 Å². The molecule has 1 unspecified atom stereocenters. The number of aromatic nitrogens is 3. The van der Waals surface area contributed by atoms with Gasteiger partial charge in [0, 0.05) is 6.54 Å². The molecule has 0 radical (unpaired) electrons. The van der Waals surface area contributed by atoms with Crippen molar-refractivity contribution in [3.63, 3.8) is 0 Å². The van der Waals surface area contributed by atoms with Gasteiger partial charge in [-0.05, 0) is 31.5 Å². The number of aryl methyl sites for hydroxylation is 1. The van der Waals surface area contributed by atoms with Crippen LogP contribution in [0.3, 0.4) is 0 Å². The Morgan fingerprint density at radius 1 is 1.39 bits per heavy atom. The Morgan fingerprint density at radius 2 is 2.28 bits per heavy atom. The van der Waals surface area contributed by atoms with Crippen LogP contribution in [0.4, 0.5) is 0 Å². The van der Waals surface area contributed by atoms with Gasteiger partial charge in [-0.15, -0.1) is 5.10 Å². The minimum atomic E-state index is 0.0292. The average Bonchev–Trinajstić information content (AvgIpc) is 3.02. The van der Waals surface area contributed by atoms with Crippen molar-refractivity contribution in [2.24, 2.45) is 0 Å². The molecule has 0 saturated heterocycles. The van der Waals surface area contributed by atoms with Crippen LogP contribution in [0, 0.1) is 0 Å². The number of furan rings is 1. The molecule has 0 amide bonds. The van der Waals surface area contributed by atoms with E-state index in [1.807, 2.05) is 23.0 Å². The number of nitrogens with one attached hydrogen (secondary N) is 1. The van der Waals surface area contributed by atoms with Crippen molar-refractivity contribution in [3.05, 3.63) is 36.0 Å². The molecule has 5 nitrogen and oxygen atoms in total. The summed E-state index contributed by atoms with van der Waals surface area (Å²) in [5.74, 6) is 0.906. The molecule has 1 atom stereocenters. The fourth-order valence-electron chi connectivity index (χ4n) is 1.97. The van der Waals surface area contributed by atoms with Gasteiger partial charge in [0.05, 0.1) is 18.2 Å². The first-order valence-electron chi connectivity index (χ1n) is 6.52. The zero-order valence-electron chi connectivity index (χ0n) is 11.0. The SMILES string of the molecule is CCCNC(c1ccco1)c1cnnn1CCC. The molecule has 0 aromatic carbocycles.